The number of anilines is 2. The van der Waals surface area contributed by atoms with E-state index in [2.05, 4.69) is 30.5 Å². The molecule has 5 rings (SSSR count). The quantitative estimate of drug-likeness (QED) is 0.419. The van der Waals surface area contributed by atoms with Gasteiger partial charge in [-0.05, 0) is 42.3 Å². The van der Waals surface area contributed by atoms with E-state index in [1.165, 1.54) is 18.5 Å². The molecule has 4 aromatic rings. The van der Waals surface area contributed by atoms with Crippen molar-refractivity contribution in [1.29, 1.82) is 0 Å². The summed E-state index contributed by atoms with van der Waals surface area (Å²) in [6, 6.07) is 6.57. The third-order valence-electron chi connectivity index (χ3n) is 5.17. The Labute approximate surface area is 185 Å². The molecule has 168 valence electrons. The van der Waals surface area contributed by atoms with Gasteiger partial charge in [0.15, 0.2) is 0 Å². The number of H-pyrrole nitrogens is 1. The standard InChI is InChI=1S/C22H17F3N6O2/c1-12-5-6-15(32-19-16-7-8-26-18(16)27-11-28-19)10-17(12)20-30-31-21(33-20)29-14-4-2-3-13(9-14)22(23,24)25/h2-12,17H,1H3,(H,29,31)(H,26,27,28). The van der Waals surface area contributed by atoms with Crippen LogP contribution >= 0.6 is 0 Å². The Morgan fingerprint density at radius 1 is 1.15 bits per heavy atom. The first-order valence-corrected chi connectivity index (χ1v) is 10.0. The predicted octanol–water partition coefficient (Wildman–Crippen LogP) is 5.36. The van der Waals surface area contributed by atoms with Crippen molar-refractivity contribution >= 4 is 22.7 Å². The van der Waals surface area contributed by atoms with Crippen LogP contribution in [0.3, 0.4) is 0 Å². The van der Waals surface area contributed by atoms with E-state index in [-0.39, 0.29) is 23.5 Å². The van der Waals surface area contributed by atoms with Gasteiger partial charge in [0.1, 0.15) is 17.7 Å². The molecule has 0 bridgehead atoms. The molecule has 33 heavy (non-hydrogen) atoms. The number of allylic oxidation sites excluding steroid dienone is 3. The molecule has 2 N–H and O–H groups in total. The van der Waals surface area contributed by atoms with E-state index in [9.17, 15) is 13.2 Å². The Bertz CT molecular complexity index is 1360. The smallest absolute Gasteiger partial charge is 0.416 e. The Morgan fingerprint density at radius 3 is 2.88 bits per heavy atom. The van der Waals surface area contributed by atoms with Crippen LogP contribution < -0.4 is 10.1 Å². The minimum atomic E-state index is -4.45. The predicted molar refractivity (Wildman–Crippen MR) is 113 cm³/mol. The number of halogens is 3. The van der Waals surface area contributed by atoms with Crippen LogP contribution in [0, 0.1) is 5.92 Å². The average molecular weight is 454 g/mol. The minimum Gasteiger partial charge on any atom is -0.439 e. The Balaban J connectivity index is 1.35. The maximum atomic E-state index is 12.9. The van der Waals surface area contributed by atoms with Crippen molar-refractivity contribution in [1.82, 2.24) is 25.1 Å². The highest BCUT2D eigenvalue weighted by Gasteiger charge is 2.30. The van der Waals surface area contributed by atoms with E-state index >= 15 is 0 Å². The lowest BCUT2D eigenvalue weighted by Gasteiger charge is -2.20. The number of hydrogen-bond acceptors (Lipinski definition) is 7. The normalized spacial score (nSPS) is 18.4. The summed E-state index contributed by atoms with van der Waals surface area (Å²) in [5, 5.41) is 11.5. The van der Waals surface area contributed by atoms with Gasteiger partial charge < -0.3 is 19.5 Å². The molecular formula is C22H17F3N6O2. The van der Waals surface area contributed by atoms with Gasteiger partial charge >= 0.3 is 12.2 Å². The summed E-state index contributed by atoms with van der Waals surface area (Å²) in [5.74, 6) is 0.986. The van der Waals surface area contributed by atoms with Crippen molar-refractivity contribution in [2.24, 2.45) is 5.92 Å². The van der Waals surface area contributed by atoms with E-state index in [0.29, 0.717) is 23.2 Å². The Morgan fingerprint density at radius 2 is 2.03 bits per heavy atom. The number of nitrogens with zero attached hydrogens (tertiary/aromatic N) is 4. The first-order valence-electron chi connectivity index (χ1n) is 10.0. The van der Waals surface area contributed by atoms with Crippen molar-refractivity contribution in [2.75, 3.05) is 5.32 Å². The summed E-state index contributed by atoms with van der Waals surface area (Å²) in [5.41, 5.74) is 0.0761. The molecule has 0 radical (unpaired) electrons. The summed E-state index contributed by atoms with van der Waals surface area (Å²) in [6.45, 7) is 1.98. The van der Waals surface area contributed by atoms with Crippen LogP contribution in [0.15, 0.2) is 71.3 Å². The van der Waals surface area contributed by atoms with E-state index in [0.717, 1.165) is 17.5 Å². The van der Waals surface area contributed by atoms with Crippen LogP contribution in [0.4, 0.5) is 24.9 Å². The highest BCUT2D eigenvalue weighted by Crippen LogP contribution is 2.35. The molecule has 1 aliphatic rings. The van der Waals surface area contributed by atoms with Gasteiger partial charge in [0, 0.05) is 11.9 Å². The van der Waals surface area contributed by atoms with E-state index in [1.54, 1.807) is 6.20 Å². The summed E-state index contributed by atoms with van der Waals surface area (Å²) < 4.78 is 50.5. The van der Waals surface area contributed by atoms with Gasteiger partial charge in [-0.3, -0.25) is 0 Å². The minimum absolute atomic E-state index is 0.00761. The number of benzene rings is 1. The van der Waals surface area contributed by atoms with Crippen molar-refractivity contribution in [3.05, 3.63) is 78.3 Å². The van der Waals surface area contributed by atoms with Crippen LogP contribution in [-0.2, 0) is 6.18 Å². The lowest BCUT2D eigenvalue weighted by molar-refractivity contribution is -0.137. The largest absolute Gasteiger partial charge is 0.439 e. The van der Waals surface area contributed by atoms with Gasteiger partial charge in [0.25, 0.3) is 0 Å². The molecule has 8 nitrogen and oxygen atoms in total. The molecule has 3 aromatic heterocycles. The molecule has 3 heterocycles. The average Bonchev–Trinajstić information content (AvgIpc) is 3.45. The fourth-order valence-electron chi connectivity index (χ4n) is 3.47. The molecule has 0 fully saturated rings. The number of hydrogen-bond donors (Lipinski definition) is 2. The summed E-state index contributed by atoms with van der Waals surface area (Å²) >= 11 is 0. The van der Waals surface area contributed by atoms with Crippen molar-refractivity contribution in [2.45, 2.75) is 19.0 Å². The number of aromatic nitrogens is 5. The summed E-state index contributed by atoms with van der Waals surface area (Å²) in [4.78, 5) is 11.3. The molecule has 11 heteroatoms. The number of rotatable bonds is 5. The van der Waals surface area contributed by atoms with Crippen LogP contribution in [0.25, 0.3) is 11.0 Å². The lowest BCUT2D eigenvalue weighted by Crippen LogP contribution is -2.12. The van der Waals surface area contributed by atoms with Gasteiger partial charge in [-0.1, -0.05) is 24.2 Å². The van der Waals surface area contributed by atoms with E-state index in [4.69, 9.17) is 9.15 Å². The van der Waals surface area contributed by atoms with Crippen molar-refractivity contribution < 1.29 is 22.3 Å². The number of ether oxygens (including phenoxy) is 1. The van der Waals surface area contributed by atoms with Crippen molar-refractivity contribution in [3.8, 4) is 5.88 Å². The topological polar surface area (TPSA) is 102 Å². The zero-order valence-corrected chi connectivity index (χ0v) is 17.2. The molecule has 0 saturated carbocycles. The van der Waals surface area contributed by atoms with Crippen LogP contribution in [0.5, 0.6) is 5.88 Å². The van der Waals surface area contributed by atoms with Gasteiger partial charge in [0.2, 0.25) is 11.8 Å². The number of aromatic amines is 1. The Hall–Kier alpha value is -4.15. The monoisotopic (exact) mass is 454 g/mol. The van der Waals surface area contributed by atoms with Gasteiger partial charge in [-0.15, -0.1) is 5.10 Å². The third kappa shape index (κ3) is 4.29. The molecule has 2 atom stereocenters. The van der Waals surface area contributed by atoms with Gasteiger partial charge in [-0.25, -0.2) is 9.97 Å². The fourth-order valence-corrected chi connectivity index (χ4v) is 3.47. The zero-order chi connectivity index (χ0) is 23.0. The highest BCUT2D eigenvalue weighted by atomic mass is 19.4. The second-order valence-corrected chi connectivity index (χ2v) is 7.48. The fraction of sp³-hybridized carbons (Fsp3) is 0.182. The summed E-state index contributed by atoms with van der Waals surface area (Å²) in [6.07, 6.45) is 4.33. The number of alkyl halides is 3. The van der Waals surface area contributed by atoms with Gasteiger partial charge in [-0.2, -0.15) is 13.2 Å². The molecule has 1 aromatic carbocycles. The first kappa shape index (κ1) is 20.7. The molecular weight excluding hydrogens is 437 g/mol. The lowest BCUT2D eigenvalue weighted by atomic mass is 9.89. The number of fused-ring (bicyclic) bond motifs is 1. The molecule has 0 saturated heterocycles. The first-order chi connectivity index (χ1) is 15.9. The second-order valence-electron chi connectivity index (χ2n) is 7.48. The number of nitrogens with one attached hydrogen (secondary N) is 2. The molecule has 2 unspecified atom stereocenters. The zero-order valence-electron chi connectivity index (χ0n) is 17.2. The van der Waals surface area contributed by atoms with Crippen LogP contribution in [-0.4, -0.2) is 25.1 Å². The molecule has 0 aliphatic heterocycles. The molecule has 1 aliphatic carbocycles. The molecule has 0 spiro atoms. The maximum Gasteiger partial charge on any atom is 0.416 e. The second kappa shape index (κ2) is 8.08. The third-order valence-corrected chi connectivity index (χ3v) is 5.17. The summed E-state index contributed by atoms with van der Waals surface area (Å²) in [7, 11) is 0. The van der Waals surface area contributed by atoms with E-state index < -0.39 is 11.7 Å². The van der Waals surface area contributed by atoms with E-state index in [1.807, 2.05) is 31.2 Å². The molecule has 0 amide bonds. The van der Waals surface area contributed by atoms with Crippen LogP contribution in [0.2, 0.25) is 0 Å². The SMILES string of the molecule is CC1C=CC(Oc2ncnc3[nH]ccc23)=CC1c1nnc(Nc2cccc(C(F)(F)F)c2)o1. The van der Waals surface area contributed by atoms with Crippen LogP contribution in [0.1, 0.15) is 24.3 Å². The van der Waals surface area contributed by atoms with Gasteiger partial charge in [0.05, 0.1) is 16.9 Å². The Kier molecular flexibility index (Phi) is 5.08. The van der Waals surface area contributed by atoms with Crippen molar-refractivity contribution in [3.63, 3.8) is 0 Å². The maximum absolute atomic E-state index is 12.9. The highest BCUT2D eigenvalue weighted by molar-refractivity contribution is 5.80.